The van der Waals surface area contributed by atoms with Crippen LogP contribution in [-0.2, 0) is 17.9 Å². The van der Waals surface area contributed by atoms with E-state index < -0.39 is 0 Å². The maximum absolute atomic E-state index is 13.8. The van der Waals surface area contributed by atoms with Crippen LogP contribution in [0.15, 0.2) is 77.7 Å². The van der Waals surface area contributed by atoms with E-state index >= 15 is 0 Å². The highest BCUT2D eigenvalue weighted by Crippen LogP contribution is 2.35. The maximum Gasteiger partial charge on any atom is 0.266 e. The van der Waals surface area contributed by atoms with Crippen molar-refractivity contribution in [3.8, 4) is 11.5 Å². The van der Waals surface area contributed by atoms with E-state index in [4.69, 9.17) is 21.7 Å². The zero-order valence-corrected chi connectivity index (χ0v) is 18.9. The second kappa shape index (κ2) is 9.97. The van der Waals surface area contributed by atoms with E-state index in [1.54, 1.807) is 41.3 Å². The highest BCUT2D eigenvalue weighted by Gasteiger charge is 2.32. The third-order valence-corrected chi connectivity index (χ3v) is 6.26. The molecule has 1 fully saturated rings. The molecule has 4 rings (SSSR count). The molecule has 0 unspecified atom stereocenters. The van der Waals surface area contributed by atoms with Gasteiger partial charge in [0.1, 0.15) is 16.7 Å². The van der Waals surface area contributed by atoms with Gasteiger partial charge in [0.05, 0.1) is 18.6 Å². The number of nitrogens with zero attached hydrogens (tertiary/aromatic N) is 1. The third kappa shape index (κ3) is 5.00. The largest absolute Gasteiger partial charge is 0.493 e. The summed E-state index contributed by atoms with van der Waals surface area (Å²) in [5, 5.41) is 0. The van der Waals surface area contributed by atoms with Crippen LogP contribution in [0.1, 0.15) is 16.7 Å². The molecule has 0 aromatic heterocycles. The lowest BCUT2D eigenvalue weighted by atomic mass is 10.1. The minimum Gasteiger partial charge on any atom is -0.493 e. The van der Waals surface area contributed by atoms with Crippen molar-refractivity contribution < 1.29 is 18.7 Å². The van der Waals surface area contributed by atoms with Crippen molar-refractivity contribution in [1.29, 1.82) is 0 Å². The van der Waals surface area contributed by atoms with Crippen LogP contribution >= 0.6 is 24.0 Å². The number of methoxy groups -OCH3 is 1. The van der Waals surface area contributed by atoms with Gasteiger partial charge in [0.25, 0.3) is 5.91 Å². The first-order valence-electron chi connectivity index (χ1n) is 9.88. The van der Waals surface area contributed by atoms with Gasteiger partial charge in [-0.3, -0.25) is 9.69 Å². The van der Waals surface area contributed by atoms with E-state index in [0.717, 1.165) is 11.1 Å². The Kier molecular flexibility index (Phi) is 6.87. The first-order chi connectivity index (χ1) is 15.5. The summed E-state index contributed by atoms with van der Waals surface area (Å²) >= 11 is 6.70. The second-order valence-corrected chi connectivity index (χ2v) is 8.72. The van der Waals surface area contributed by atoms with Gasteiger partial charge in [-0.1, -0.05) is 78.6 Å². The number of thiocarbonyl (C=S) groups is 1. The van der Waals surface area contributed by atoms with Gasteiger partial charge in [-0.25, -0.2) is 4.39 Å². The van der Waals surface area contributed by atoms with Gasteiger partial charge in [0, 0.05) is 5.56 Å². The normalized spacial score (nSPS) is 14.8. The van der Waals surface area contributed by atoms with Crippen molar-refractivity contribution in [1.82, 2.24) is 4.90 Å². The van der Waals surface area contributed by atoms with Gasteiger partial charge in [-0.05, 0) is 35.4 Å². The number of amides is 1. The molecule has 3 aromatic rings. The summed E-state index contributed by atoms with van der Waals surface area (Å²) in [6, 6.07) is 21.5. The lowest BCUT2D eigenvalue weighted by Crippen LogP contribution is -2.27. The Bertz CT molecular complexity index is 1180. The Hall–Kier alpha value is -3.16. The van der Waals surface area contributed by atoms with E-state index in [2.05, 4.69) is 0 Å². The molecule has 1 aliphatic heterocycles. The molecule has 4 nitrogen and oxygen atoms in total. The molecule has 0 saturated carbocycles. The quantitative estimate of drug-likeness (QED) is 0.325. The highest BCUT2D eigenvalue weighted by atomic mass is 32.2. The fourth-order valence-electron chi connectivity index (χ4n) is 3.22. The molecule has 0 aliphatic carbocycles. The Morgan fingerprint density at radius 1 is 1.03 bits per heavy atom. The van der Waals surface area contributed by atoms with Crippen LogP contribution in [0.2, 0.25) is 0 Å². The van der Waals surface area contributed by atoms with Crippen molar-refractivity contribution in [2.24, 2.45) is 0 Å². The molecule has 1 aliphatic rings. The first kappa shape index (κ1) is 22.0. The molecule has 0 N–H and O–H groups in total. The first-order valence-corrected chi connectivity index (χ1v) is 11.1. The lowest BCUT2D eigenvalue weighted by Gasteiger charge is -2.14. The van der Waals surface area contributed by atoms with Crippen LogP contribution in [0.3, 0.4) is 0 Å². The highest BCUT2D eigenvalue weighted by molar-refractivity contribution is 8.26. The fourth-order valence-corrected chi connectivity index (χ4v) is 4.47. The van der Waals surface area contributed by atoms with Gasteiger partial charge >= 0.3 is 0 Å². The van der Waals surface area contributed by atoms with Gasteiger partial charge in [-0.2, -0.15) is 0 Å². The number of ether oxygens (including phenoxy) is 2. The minimum atomic E-state index is -0.319. The monoisotopic (exact) mass is 465 g/mol. The molecule has 162 valence electrons. The number of hydrogen-bond donors (Lipinski definition) is 0. The number of thioether (sulfide) groups is 1. The van der Waals surface area contributed by atoms with Crippen LogP contribution in [0, 0.1) is 5.82 Å². The van der Waals surface area contributed by atoms with Crippen LogP contribution in [0.4, 0.5) is 4.39 Å². The summed E-state index contributed by atoms with van der Waals surface area (Å²) in [6.45, 7) is 0.523. The molecule has 0 bridgehead atoms. The van der Waals surface area contributed by atoms with Gasteiger partial charge in [0.2, 0.25) is 0 Å². The van der Waals surface area contributed by atoms with Gasteiger partial charge in [0.15, 0.2) is 11.5 Å². The number of carbonyl (C=O) groups excluding carboxylic acids is 1. The molecule has 1 heterocycles. The number of hydrogen-bond acceptors (Lipinski definition) is 5. The zero-order valence-electron chi connectivity index (χ0n) is 17.3. The van der Waals surface area contributed by atoms with Crippen LogP contribution < -0.4 is 9.47 Å². The van der Waals surface area contributed by atoms with Crippen LogP contribution in [-0.4, -0.2) is 22.2 Å². The van der Waals surface area contributed by atoms with E-state index in [1.807, 2.05) is 36.4 Å². The van der Waals surface area contributed by atoms with Crippen molar-refractivity contribution >= 4 is 40.3 Å². The molecule has 32 heavy (non-hydrogen) atoms. The van der Waals surface area contributed by atoms with Gasteiger partial charge < -0.3 is 9.47 Å². The van der Waals surface area contributed by atoms with Crippen molar-refractivity contribution in [3.63, 3.8) is 0 Å². The standard InChI is InChI=1S/C25H20FNO3S2/c1-29-22-13-18(11-12-21(22)30-16-19-9-5-6-10-20(19)26)14-23-24(28)27(25(31)32-23)15-17-7-3-2-4-8-17/h2-14H,15-16H2,1H3/b23-14+. The second-order valence-electron chi connectivity index (χ2n) is 7.04. The number of rotatable bonds is 7. The lowest BCUT2D eigenvalue weighted by molar-refractivity contribution is -0.122. The van der Waals surface area contributed by atoms with Crippen molar-refractivity contribution in [2.45, 2.75) is 13.2 Å². The molecule has 7 heteroatoms. The zero-order chi connectivity index (χ0) is 22.5. The maximum atomic E-state index is 13.8. The Balaban J connectivity index is 1.49. The molecule has 1 amide bonds. The number of halogens is 1. The summed E-state index contributed by atoms with van der Waals surface area (Å²) in [6.07, 6.45) is 1.79. The Morgan fingerprint density at radius 2 is 1.78 bits per heavy atom. The SMILES string of the molecule is COc1cc(/C=C2/SC(=S)N(Cc3ccccc3)C2=O)ccc1OCc1ccccc1F. The van der Waals surface area contributed by atoms with E-state index in [1.165, 1.54) is 24.9 Å². The smallest absolute Gasteiger partial charge is 0.266 e. The average Bonchev–Trinajstić information content (AvgIpc) is 3.07. The Morgan fingerprint density at radius 3 is 2.53 bits per heavy atom. The minimum absolute atomic E-state index is 0.0839. The number of benzene rings is 3. The topological polar surface area (TPSA) is 38.8 Å². The predicted octanol–water partition coefficient (Wildman–Crippen LogP) is 5.81. The summed E-state index contributed by atoms with van der Waals surface area (Å²) < 4.78 is 25.6. The fraction of sp³-hybridized carbons (Fsp3) is 0.120. The molecule has 0 spiro atoms. The van der Waals surface area contributed by atoms with E-state index in [-0.39, 0.29) is 18.3 Å². The Labute approximate surface area is 195 Å². The molecule has 0 atom stereocenters. The summed E-state index contributed by atoms with van der Waals surface area (Å²) in [5.74, 6) is 0.544. The predicted molar refractivity (Wildman–Crippen MR) is 129 cm³/mol. The summed E-state index contributed by atoms with van der Waals surface area (Å²) in [4.78, 5) is 15.0. The van der Waals surface area contributed by atoms with Crippen molar-refractivity contribution in [2.75, 3.05) is 7.11 Å². The van der Waals surface area contributed by atoms with Crippen LogP contribution in [0.5, 0.6) is 11.5 Å². The number of carbonyl (C=O) groups is 1. The third-order valence-electron chi connectivity index (χ3n) is 4.88. The van der Waals surface area contributed by atoms with E-state index in [9.17, 15) is 9.18 Å². The molecule has 1 saturated heterocycles. The molecular formula is C25H20FNO3S2. The summed E-state index contributed by atoms with van der Waals surface area (Å²) in [7, 11) is 1.54. The molecule has 3 aromatic carbocycles. The molecule has 0 radical (unpaired) electrons. The summed E-state index contributed by atoms with van der Waals surface area (Å²) in [5.41, 5.74) is 2.25. The van der Waals surface area contributed by atoms with Crippen LogP contribution in [0.25, 0.3) is 6.08 Å². The van der Waals surface area contributed by atoms with Crippen molar-refractivity contribution in [3.05, 3.63) is 100 Å². The van der Waals surface area contributed by atoms with Gasteiger partial charge in [-0.15, -0.1) is 0 Å². The average molecular weight is 466 g/mol. The van der Waals surface area contributed by atoms with E-state index in [0.29, 0.717) is 32.8 Å². The molecular weight excluding hydrogens is 445 g/mol.